The third-order valence-electron chi connectivity index (χ3n) is 3.83. The van der Waals surface area contributed by atoms with Crippen LogP contribution in [-0.2, 0) is 9.53 Å². The van der Waals surface area contributed by atoms with E-state index in [1.165, 1.54) is 11.6 Å². The van der Waals surface area contributed by atoms with Crippen LogP contribution >= 0.6 is 0 Å². The van der Waals surface area contributed by atoms with Gasteiger partial charge >= 0.3 is 5.97 Å². The number of carbonyl (C=O) groups is 2. The maximum absolute atomic E-state index is 12.6. The average Bonchev–Trinajstić information content (AvgIpc) is 2.58. The number of rotatable bonds is 5. The van der Waals surface area contributed by atoms with Gasteiger partial charge < -0.3 is 4.74 Å². The van der Waals surface area contributed by atoms with E-state index in [2.05, 4.69) is 13.8 Å². The summed E-state index contributed by atoms with van der Waals surface area (Å²) in [4.78, 5) is 24.3. The lowest BCUT2D eigenvalue weighted by Gasteiger charge is -2.17. The van der Waals surface area contributed by atoms with Crippen molar-refractivity contribution >= 4 is 17.8 Å². The Bertz CT molecular complexity index is 789. The standard InChI is InChI=1S/C23H26O3/c1-16(2)18-11-13-20(14-12-18)22(25)19-9-6-17(7-10-19)8-15-21(24)26-23(3,4)5/h6-16H,1-5H3. The zero-order valence-corrected chi connectivity index (χ0v) is 16.1. The van der Waals surface area contributed by atoms with Crippen LogP contribution in [0.1, 0.15) is 67.6 Å². The van der Waals surface area contributed by atoms with Gasteiger partial charge in [-0.1, -0.05) is 62.4 Å². The van der Waals surface area contributed by atoms with Crippen molar-refractivity contribution < 1.29 is 14.3 Å². The van der Waals surface area contributed by atoms with Gasteiger partial charge in [0.05, 0.1) is 0 Å². The Balaban J connectivity index is 2.06. The summed E-state index contributed by atoms with van der Waals surface area (Å²) < 4.78 is 5.23. The monoisotopic (exact) mass is 350 g/mol. The first-order valence-electron chi connectivity index (χ1n) is 8.81. The molecule has 0 heterocycles. The smallest absolute Gasteiger partial charge is 0.331 e. The quantitative estimate of drug-likeness (QED) is 0.412. The molecule has 26 heavy (non-hydrogen) atoms. The van der Waals surface area contributed by atoms with Gasteiger partial charge in [0.2, 0.25) is 0 Å². The average molecular weight is 350 g/mol. The van der Waals surface area contributed by atoms with E-state index >= 15 is 0 Å². The van der Waals surface area contributed by atoms with Crippen molar-refractivity contribution in [1.29, 1.82) is 0 Å². The van der Waals surface area contributed by atoms with E-state index in [9.17, 15) is 9.59 Å². The van der Waals surface area contributed by atoms with Gasteiger partial charge in [0, 0.05) is 17.2 Å². The van der Waals surface area contributed by atoms with Crippen LogP contribution in [0.4, 0.5) is 0 Å². The highest BCUT2D eigenvalue weighted by Gasteiger charge is 2.14. The number of esters is 1. The Kier molecular flexibility index (Phi) is 6.14. The van der Waals surface area contributed by atoms with Gasteiger partial charge in [-0.2, -0.15) is 0 Å². The molecule has 0 aliphatic carbocycles. The molecule has 3 heteroatoms. The molecule has 0 amide bonds. The fraction of sp³-hybridized carbons (Fsp3) is 0.304. The lowest BCUT2D eigenvalue weighted by Crippen LogP contribution is -2.22. The molecule has 0 aliphatic rings. The van der Waals surface area contributed by atoms with Crippen LogP contribution in [0.15, 0.2) is 54.6 Å². The first-order valence-corrected chi connectivity index (χ1v) is 8.81. The zero-order chi connectivity index (χ0) is 19.3. The van der Waals surface area contributed by atoms with E-state index in [0.29, 0.717) is 17.0 Å². The van der Waals surface area contributed by atoms with E-state index in [1.807, 2.05) is 57.2 Å². The van der Waals surface area contributed by atoms with E-state index < -0.39 is 5.60 Å². The van der Waals surface area contributed by atoms with Crippen LogP contribution in [-0.4, -0.2) is 17.4 Å². The van der Waals surface area contributed by atoms with Gasteiger partial charge in [-0.25, -0.2) is 4.79 Å². The van der Waals surface area contributed by atoms with Crippen molar-refractivity contribution in [2.45, 2.75) is 46.1 Å². The summed E-state index contributed by atoms with van der Waals surface area (Å²) in [6.07, 6.45) is 3.08. The molecule has 0 saturated carbocycles. The Morgan fingerprint density at radius 1 is 0.885 bits per heavy atom. The maximum atomic E-state index is 12.6. The molecule has 0 aromatic heterocycles. The second-order valence-electron chi connectivity index (χ2n) is 7.59. The van der Waals surface area contributed by atoms with E-state index in [4.69, 9.17) is 4.74 Å². The molecule has 0 bridgehead atoms. The molecule has 0 atom stereocenters. The molecule has 2 aromatic rings. The predicted molar refractivity (Wildman–Crippen MR) is 105 cm³/mol. The number of hydrogen-bond donors (Lipinski definition) is 0. The molecule has 0 radical (unpaired) electrons. The van der Waals surface area contributed by atoms with E-state index in [0.717, 1.165) is 5.56 Å². The van der Waals surface area contributed by atoms with Crippen LogP contribution in [0.25, 0.3) is 6.08 Å². The minimum absolute atomic E-state index is 0.0111. The molecule has 0 aliphatic heterocycles. The van der Waals surface area contributed by atoms with Crippen LogP contribution in [0, 0.1) is 0 Å². The number of hydrogen-bond acceptors (Lipinski definition) is 3. The largest absolute Gasteiger partial charge is 0.457 e. The molecule has 0 spiro atoms. The molecular weight excluding hydrogens is 324 g/mol. The molecule has 136 valence electrons. The van der Waals surface area contributed by atoms with Gasteiger partial charge in [-0.3, -0.25) is 4.79 Å². The van der Waals surface area contributed by atoms with Crippen molar-refractivity contribution in [3.05, 3.63) is 76.9 Å². The summed E-state index contributed by atoms with van der Waals surface area (Å²) in [5, 5.41) is 0. The van der Waals surface area contributed by atoms with Gasteiger partial charge in [0.25, 0.3) is 0 Å². The highest BCUT2D eigenvalue weighted by atomic mass is 16.6. The number of benzene rings is 2. The minimum atomic E-state index is -0.511. The summed E-state index contributed by atoms with van der Waals surface area (Å²) in [6, 6.07) is 14.9. The topological polar surface area (TPSA) is 43.4 Å². The molecule has 0 fully saturated rings. The van der Waals surface area contributed by atoms with Crippen molar-refractivity contribution in [2.24, 2.45) is 0 Å². The second kappa shape index (κ2) is 8.13. The zero-order valence-electron chi connectivity index (χ0n) is 16.1. The summed E-state index contributed by atoms with van der Waals surface area (Å²) in [5.74, 6) is 0.0427. The molecule has 0 unspecified atom stereocenters. The van der Waals surface area contributed by atoms with Crippen molar-refractivity contribution in [3.63, 3.8) is 0 Å². The predicted octanol–water partition coefficient (Wildman–Crippen LogP) is 5.40. The summed E-state index contributed by atoms with van der Waals surface area (Å²) >= 11 is 0. The van der Waals surface area contributed by atoms with Crippen molar-refractivity contribution in [1.82, 2.24) is 0 Å². The number of ether oxygens (including phenoxy) is 1. The molecule has 2 aromatic carbocycles. The van der Waals surface area contributed by atoms with Crippen molar-refractivity contribution in [2.75, 3.05) is 0 Å². The molecule has 3 nitrogen and oxygen atoms in total. The highest BCUT2D eigenvalue weighted by Crippen LogP contribution is 2.17. The number of carbonyl (C=O) groups excluding carboxylic acids is 2. The van der Waals surface area contributed by atoms with E-state index in [-0.39, 0.29) is 11.8 Å². The normalized spacial score (nSPS) is 11.8. The number of ketones is 1. The lowest BCUT2D eigenvalue weighted by molar-refractivity contribution is -0.148. The molecule has 2 rings (SSSR count). The fourth-order valence-corrected chi connectivity index (χ4v) is 2.43. The van der Waals surface area contributed by atoms with Gasteiger partial charge in [0.15, 0.2) is 5.78 Å². The third-order valence-corrected chi connectivity index (χ3v) is 3.83. The highest BCUT2D eigenvalue weighted by molar-refractivity contribution is 6.09. The van der Waals surface area contributed by atoms with Gasteiger partial charge in [0.1, 0.15) is 5.60 Å². The first kappa shape index (κ1) is 19.6. The van der Waals surface area contributed by atoms with Gasteiger partial charge in [-0.15, -0.1) is 0 Å². The Morgan fingerprint density at radius 3 is 1.85 bits per heavy atom. The van der Waals surface area contributed by atoms with Crippen LogP contribution in [0.2, 0.25) is 0 Å². The lowest BCUT2D eigenvalue weighted by atomic mass is 9.97. The second-order valence-corrected chi connectivity index (χ2v) is 7.59. The third kappa shape index (κ3) is 5.69. The van der Waals surface area contributed by atoms with Crippen molar-refractivity contribution in [3.8, 4) is 0 Å². The maximum Gasteiger partial charge on any atom is 0.331 e. The molecule has 0 saturated heterocycles. The summed E-state index contributed by atoms with van der Waals surface area (Å²) in [7, 11) is 0. The SMILES string of the molecule is CC(C)c1ccc(C(=O)c2ccc(C=CC(=O)OC(C)(C)C)cc2)cc1. The Labute approximate surface area is 155 Å². The Morgan fingerprint density at radius 2 is 1.38 bits per heavy atom. The molecular formula is C23H26O3. The minimum Gasteiger partial charge on any atom is -0.457 e. The molecule has 0 N–H and O–H groups in total. The summed E-state index contributed by atoms with van der Waals surface area (Å²) in [5.41, 5.74) is 2.83. The first-order chi connectivity index (χ1) is 12.2. The van der Waals surface area contributed by atoms with E-state index in [1.54, 1.807) is 18.2 Å². The fourth-order valence-electron chi connectivity index (χ4n) is 2.43. The van der Waals surface area contributed by atoms with Gasteiger partial charge in [-0.05, 0) is 43.9 Å². The Hall–Kier alpha value is -2.68. The van der Waals surface area contributed by atoms with Crippen LogP contribution < -0.4 is 0 Å². The van der Waals surface area contributed by atoms with Crippen LogP contribution in [0.3, 0.4) is 0 Å². The van der Waals surface area contributed by atoms with Crippen LogP contribution in [0.5, 0.6) is 0 Å². The summed E-state index contributed by atoms with van der Waals surface area (Å²) in [6.45, 7) is 9.73.